The molecular weight excluding hydrogens is 174 g/mol. The Bertz CT molecular complexity index is 309. The maximum absolute atomic E-state index is 5.79. The van der Waals surface area contributed by atoms with Gasteiger partial charge >= 0.3 is 5.96 Å². The Morgan fingerprint density at radius 3 is 2.29 bits per heavy atom. The zero-order chi connectivity index (χ0) is 10.6. The van der Waals surface area contributed by atoms with Gasteiger partial charge in [0, 0.05) is 0 Å². The Morgan fingerprint density at radius 2 is 1.79 bits per heavy atom. The smallest absolute Gasteiger partial charge is 0.291 e. The number of anilines is 1. The van der Waals surface area contributed by atoms with E-state index in [1.807, 2.05) is 30.3 Å². The molecule has 0 spiro atoms. The standard InChI is InChI=1S/C11H17N3/c1-11(2,3)14-10(12)13-9-7-5-4-6-8-9/h4-8H,1-3H3,(H3,12,13,14)/p+1. The molecule has 1 rings (SSSR count). The van der Waals surface area contributed by atoms with Gasteiger partial charge in [0.05, 0.1) is 11.2 Å². The molecule has 3 heteroatoms. The minimum absolute atomic E-state index is 0.0220. The van der Waals surface area contributed by atoms with Crippen molar-refractivity contribution in [2.45, 2.75) is 26.3 Å². The van der Waals surface area contributed by atoms with Crippen molar-refractivity contribution in [3.05, 3.63) is 30.3 Å². The molecule has 0 aliphatic heterocycles. The van der Waals surface area contributed by atoms with Crippen molar-refractivity contribution in [1.29, 1.82) is 0 Å². The van der Waals surface area contributed by atoms with Gasteiger partial charge in [-0.2, -0.15) is 0 Å². The molecule has 0 aliphatic rings. The molecule has 4 N–H and O–H groups in total. The number of rotatable bonds is 1. The third-order valence-electron chi connectivity index (χ3n) is 1.56. The third-order valence-corrected chi connectivity index (χ3v) is 1.56. The maximum Gasteiger partial charge on any atom is 0.346 e. The van der Waals surface area contributed by atoms with Crippen LogP contribution < -0.4 is 16.0 Å². The lowest BCUT2D eigenvalue weighted by Crippen LogP contribution is -2.87. The van der Waals surface area contributed by atoms with Crippen LogP contribution in [-0.2, 0) is 0 Å². The number of nitrogens with two attached hydrogens (primary N) is 1. The molecule has 0 saturated heterocycles. The van der Waals surface area contributed by atoms with Crippen LogP contribution in [0.25, 0.3) is 0 Å². The summed E-state index contributed by atoms with van der Waals surface area (Å²) in [4.78, 5) is 3.15. The molecule has 0 heterocycles. The SMILES string of the molecule is CC(C)(C)[NH+]=C(N)Nc1ccccc1. The summed E-state index contributed by atoms with van der Waals surface area (Å²) >= 11 is 0. The Hall–Kier alpha value is -1.51. The van der Waals surface area contributed by atoms with Crippen LogP contribution in [0.4, 0.5) is 5.69 Å². The molecule has 0 atom stereocenters. The van der Waals surface area contributed by atoms with Gasteiger partial charge in [0.2, 0.25) is 0 Å². The highest BCUT2D eigenvalue weighted by molar-refractivity contribution is 5.87. The van der Waals surface area contributed by atoms with Crippen molar-refractivity contribution in [1.82, 2.24) is 0 Å². The fraction of sp³-hybridized carbons (Fsp3) is 0.364. The van der Waals surface area contributed by atoms with Crippen LogP contribution >= 0.6 is 0 Å². The molecule has 0 fully saturated rings. The highest BCUT2D eigenvalue weighted by Gasteiger charge is 2.11. The average Bonchev–Trinajstić information content (AvgIpc) is 2.02. The van der Waals surface area contributed by atoms with Gasteiger partial charge in [0.1, 0.15) is 0 Å². The lowest BCUT2D eigenvalue weighted by atomic mass is 10.1. The van der Waals surface area contributed by atoms with E-state index in [2.05, 4.69) is 31.1 Å². The minimum atomic E-state index is -0.0220. The molecule has 0 radical (unpaired) electrons. The lowest BCUT2D eigenvalue weighted by molar-refractivity contribution is -0.539. The predicted octanol–water partition coefficient (Wildman–Crippen LogP) is 0.292. The second-order valence-electron chi connectivity index (χ2n) is 4.28. The van der Waals surface area contributed by atoms with Crippen molar-refractivity contribution in [2.75, 3.05) is 5.32 Å². The van der Waals surface area contributed by atoms with Crippen molar-refractivity contribution < 1.29 is 4.99 Å². The number of guanidine groups is 1. The van der Waals surface area contributed by atoms with E-state index in [0.29, 0.717) is 5.96 Å². The molecular formula is C11H18N3+. The Kier molecular flexibility index (Phi) is 3.12. The molecule has 0 saturated carbocycles. The normalized spacial score (nSPS) is 12.6. The Labute approximate surface area is 85.0 Å². The monoisotopic (exact) mass is 192 g/mol. The molecule has 0 aliphatic carbocycles. The molecule has 1 aromatic rings. The van der Waals surface area contributed by atoms with E-state index < -0.39 is 0 Å². The second-order valence-corrected chi connectivity index (χ2v) is 4.28. The number of hydrogen-bond donors (Lipinski definition) is 3. The molecule has 0 unspecified atom stereocenters. The topological polar surface area (TPSA) is 52.0 Å². The second kappa shape index (κ2) is 4.13. The summed E-state index contributed by atoms with van der Waals surface area (Å²) in [6.45, 7) is 6.19. The first-order chi connectivity index (χ1) is 6.47. The molecule has 0 amide bonds. The fourth-order valence-electron chi connectivity index (χ4n) is 1.11. The summed E-state index contributed by atoms with van der Waals surface area (Å²) < 4.78 is 0. The van der Waals surface area contributed by atoms with Gasteiger partial charge in [-0.25, -0.2) is 5.32 Å². The van der Waals surface area contributed by atoms with Crippen LogP contribution in [0.1, 0.15) is 20.8 Å². The van der Waals surface area contributed by atoms with Gasteiger partial charge in [0.15, 0.2) is 0 Å². The molecule has 14 heavy (non-hydrogen) atoms. The number of benzene rings is 1. The summed E-state index contributed by atoms with van der Waals surface area (Å²) in [7, 11) is 0. The first-order valence-electron chi connectivity index (χ1n) is 4.70. The van der Waals surface area contributed by atoms with Crippen LogP contribution in [-0.4, -0.2) is 11.5 Å². The van der Waals surface area contributed by atoms with Crippen molar-refractivity contribution in [3.8, 4) is 0 Å². The quantitative estimate of drug-likeness (QED) is 0.442. The maximum atomic E-state index is 5.79. The number of para-hydroxylation sites is 1. The van der Waals surface area contributed by atoms with Gasteiger partial charge < -0.3 is 0 Å². The van der Waals surface area contributed by atoms with Crippen LogP contribution in [0.2, 0.25) is 0 Å². The molecule has 0 bridgehead atoms. The van der Waals surface area contributed by atoms with E-state index >= 15 is 0 Å². The largest absolute Gasteiger partial charge is 0.346 e. The lowest BCUT2D eigenvalue weighted by Gasteiger charge is -2.11. The molecule has 1 aromatic carbocycles. The van der Waals surface area contributed by atoms with E-state index in [9.17, 15) is 0 Å². The Morgan fingerprint density at radius 1 is 1.21 bits per heavy atom. The van der Waals surface area contributed by atoms with E-state index in [-0.39, 0.29) is 5.54 Å². The van der Waals surface area contributed by atoms with Crippen LogP contribution in [0.3, 0.4) is 0 Å². The van der Waals surface area contributed by atoms with Gasteiger partial charge in [0.25, 0.3) is 0 Å². The van der Waals surface area contributed by atoms with E-state index in [1.54, 1.807) is 0 Å². The number of hydrogen-bond acceptors (Lipinski definition) is 0. The molecule has 76 valence electrons. The van der Waals surface area contributed by atoms with Gasteiger partial charge in [-0.1, -0.05) is 18.2 Å². The van der Waals surface area contributed by atoms with Gasteiger partial charge in [-0.15, -0.1) is 0 Å². The highest BCUT2D eigenvalue weighted by Crippen LogP contribution is 2.02. The van der Waals surface area contributed by atoms with Gasteiger partial charge in [-0.05, 0) is 32.9 Å². The van der Waals surface area contributed by atoms with Crippen molar-refractivity contribution in [3.63, 3.8) is 0 Å². The van der Waals surface area contributed by atoms with Gasteiger partial charge in [-0.3, -0.25) is 10.7 Å². The Balaban J connectivity index is 2.67. The van der Waals surface area contributed by atoms with Crippen LogP contribution in [0, 0.1) is 0 Å². The predicted molar refractivity (Wildman–Crippen MR) is 60.0 cm³/mol. The van der Waals surface area contributed by atoms with Crippen molar-refractivity contribution in [2.24, 2.45) is 5.73 Å². The highest BCUT2D eigenvalue weighted by atomic mass is 15.1. The zero-order valence-electron chi connectivity index (χ0n) is 8.96. The molecule has 3 nitrogen and oxygen atoms in total. The third kappa shape index (κ3) is 3.94. The van der Waals surface area contributed by atoms with E-state index in [1.165, 1.54) is 0 Å². The molecule has 0 aromatic heterocycles. The van der Waals surface area contributed by atoms with E-state index in [0.717, 1.165) is 5.69 Å². The number of nitrogens with one attached hydrogen (secondary N) is 2. The fourth-order valence-corrected chi connectivity index (χ4v) is 1.11. The average molecular weight is 192 g/mol. The first-order valence-corrected chi connectivity index (χ1v) is 4.70. The zero-order valence-corrected chi connectivity index (χ0v) is 8.96. The summed E-state index contributed by atoms with van der Waals surface area (Å²) in [5.74, 6) is 0.573. The summed E-state index contributed by atoms with van der Waals surface area (Å²) in [5, 5.41) is 3.08. The summed E-state index contributed by atoms with van der Waals surface area (Å²) in [6, 6.07) is 9.84. The van der Waals surface area contributed by atoms with Crippen LogP contribution in [0.5, 0.6) is 0 Å². The van der Waals surface area contributed by atoms with E-state index in [4.69, 9.17) is 5.73 Å². The van der Waals surface area contributed by atoms with Crippen LogP contribution in [0.15, 0.2) is 30.3 Å². The summed E-state index contributed by atoms with van der Waals surface area (Å²) in [5.41, 5.74) is 6.75. The summed E-state index contributed by atoms with van der Waals surface area (Å²) in [6.07, 6.45) is 0. The van der Waals surface area contributed by atoms with Crippen molar-refractivity contribution >= 4 is 11.6 Å². The first kappa shape index (κ1) is 10.6. The minimum Gasteiger partial charge on any atom is -0.291 e.